The summed E-state index contributed by atoms with van der Waals surface area (Å²) < 4.78 is 4.77. The Morgan fingerprint density at radius 1 is 1.50 bits per heavy atom. The van der Waals surface area contributed by atoms with Gasteiger partial charge in [0.1, 0.15) is 0 Å². The molecule has 1 unspecified atom stereocenters. The molecular formula is C14H16O2. The summed E-state index contributed by atoms with van der Waals surface area (Å²) in [7, 11) is 1.41. The van der Waals surface area contributed by atoms with E-state index in [0.29, 0.717) is 12.8 Å². The molecule has 2 heteroatoms. The van der Waals surface area contributed by atoms with Gasteiger partial charge in [0, 0.05) is 0 Å². The average Bonchev–Trinajstić information content (AvgIpc) is 2.34. The van der Waals surface area contributed by atoms with Gasteiger partial charge in [-0.25, -0.2) is 0 Å². The van der Waals surface area contributed by atoms with Crippen LogP contribution in [0.1, 0.15) is 12.0 Å². The largest absolute Gasteiger partial charge is 0.469 e. The Morgan fingerprint density at radius 2 is 2.19 bits per heavy atom. The van der Waals surface area contributed by atoms with Crippen molar-refractivity contribution in [3.8, 4) is 0 Å². The molecule has 84 valence electrons. The van der Waals surface area contributed by atoms with Crippen LogP contribution in [0, 0.1) is 5.92 Å². The normalized spacial score (nSPS) is 11.3. The first-order valence-corrected chi connectivity index (χ1v) is 5.24. The van der Waals surface area contributed by atoms with E-state index in [1.54, 1.807) is 6.08 Å². The maximum absolute atomic E-state index is 11.5. The van der Waals surface area contributed by atoms with E-state index < -0.39 is 0 Å². The SMILES string of the molecule is C=C=CCC(Cc1ccccc1)C(=O)OC. The van der Waals surface area contributed by atoms with Gasteiger partial charge in [-0.05, 0) is 24.5 Å². The number of carbonyl (C=O) groups excluding carboxylic acids is 1. The summed E-state index contributed by atoms with van der Waals surface area (Å²) in [5.74, 6) is -0.336. The lowest BCUT2D eigenvalue weighted by Crippen LogP contribution is -2.18. The van der Waals surface area contributed by atoms with Crippen molar-refractivity contribution >= 4 is 5.97 Å². The number of carbonyl (C=O) groups is 1. The molecule has 0 spiro atoms. The highest BCUT2D eigenvalue weighted by Gasteiger charge is 2.17. The van der Waals surface area contributed by atoms with Crippen LogP contribution in [0.2, 0.25) is 0 Å². The minimum absolute atomic E-state index is 0.151. The van der Waals surface area contributed by atoms with E-state index in [1.807, 2.05) is 30.3 Å². The second-order valence-electron chi connectivity index (χ2n) is 3.55. The van der Waals surface area contributed by atoms with Crippen LogP contribution in [-0.4, -0.2) is 13.1 Å². The molecule has 0 heterocycles. The summed E-state index contributed by atoms with van der Waals surface area (Å²) in [5, 5.41) is 0. The molecule has 2 nitrogen and oxygen atoms in total. The molecule has 0 aliphatic rings. The summed E-state index contributed by atoms with van der Waals surface area (Å²) in [4.78, 5) is 11.5. The summed E-state index contributed by atoms with van der Waals surface area (Å²) in [6, 6.07) is 9.90. The van der Waals surface area contributed by atoms with E-state index >= 15 is 0 Å². The minimum Gasteiger partial charge on any atom is -0.469 e. The number of hydrogen-bond donors (Lipinski definition) is 0. The van der Waals surface area contributed by atoms with Crippen molar-refractivity contribution < 1.29 is 9.53 Å². The van der Waals surface area contributed by atoms with Gasteiger partial charge in [-0.3, -0.25) is 4.79 Å². The van der Waals surface area contributed by atoms with Crippen LogP contribution in [0.25, 0.3) is 0 Å². The van der Waals surface area contributed by atoms with Crippen LogP contribution >= 0.6 is 0 Å². The number of hydrogen-bond acceptors (Lipinski definition) is 2. The predicted octanol–water partition coefficient (Wildman–Crippen LogP) is 2.75. The zero-order chi connectivity index (χ0) is 11.8. The van der Waals surface area contributed by atoms with Gasteiger partial charge in [0.2, 0.25) is 0 Å². The molecule has 0 aliphatic carbocycles. The van der Waals surface area contributed by atoms with Gasteiger partial charge in [0.25, 0.3) is 0 Å². The van der Waals surface area contributed by atoms with Crippen molar-refractivity contribution in [2.24, 2.45) is 5.92 Å². The molecule has 0 aromatic heterocycles. The minimum atomic E-state index is -0.185. The van der Waals surface area contributed by atoms with Gasteiger partial charge in [-0.2, -0.15) is 0 Å². The molecule has 0 saturated heterocycles. The molecule has 0 aliphatic heterocycles. The molecule has 0 N–H and O–H groups in total. The van der Waals surface area contributed by atoms with Gasteiger partial charge in [0.05, 0.1) is 13.0 Å². The molecule has 0 fully saturated rings. The number of benzene rings is 1. The molecule has 1 aromatic rings. The van der Waals surface area contributed by atoms with Gasteiger partial charge in [-0.1, -0.05) is 36.9 Å². The van der Waals surface area contributed by atoms with Crippen molar-refractivity contribution in [1.82, 2.24) is 0 Å². The van der Waals surface area contributed by atoms with Crippen molar-refractivity contribution in [3.63, 3.8) is 0 Å². The van der Waals surface area contributed by atoms with E-state index in [4.69, 9.17) is 4.74 Å². The monoisotopic (exact) mass is 216 g/mol. The van der Waals surface area contributed by atoms with E-state index in [1.165, 1.54) is 7.11 Å². The van der Waals surface area contributed by atoms with Crippen molar-refractivity contribution in [1.29, 1.82) is 0 Å². The number of esters is 1. The lowest BCUT2D eigenvalue weighted by Gasteiger charge is -2.12. The highest BCUT2D eigenvalue weighted by atomic mass is 16.5. The first kappa shape index (κ1) is 12.3. The third kappa shape index (κ3) is 3.76. The van der Waals surface area contributed by atoms with E-state index in [-0.39, 0.29) is 11.9 Å². The fourth-order valence-electron chi connectivity index (χ4n) is 1.55. The van der Waals surface area contributed by atoms with E-state index in [2.05, 4.69) is 12.3 Å². The van der Waals surface area contributed by atoms with Gasteiger partial charge in [0.15, 0.2) is 0 Å². The summed E-state index contributed by atoms with van der Waals surface area (Å²) >= 11 is 0. The summed E-state index contributed by atoms with van der Waals surface area (Å²) in [5.41, 5.74) is 3.81. The predicted molar refractivity (Wildman–Crippen MR) is 64.0 cm³/mol. The molecule has 0 amide bonds. The standard InChI is InChI=1S/C14H16O2/c1-3-4-10-13(14(15)16-2)11-12-8-6-5-7-9-12/h4-9,13H,1,10-11H2,2H3. The molecule has 0 saturated carbocycles. The summed E-state index contributed by atoms with van der Waals surface area (Å²) in [6.45, 7) is 3.49. The smallest absolute Gasteiger partial charge is 0.309 e. The lowest BCUT2D eigenvalue weighted by molar-refractivity contribution is -0.145. The fourth-order valence-corrected chi connectivity index (χ4v) is 1.55. The van der Waals surface area contributed by atoms with Crippen molar-refractivity contribution in [2.75, 3.05) is 7.11 Å². The zero-order valence-corrected chi connectivity index (χ0v) is 9.48. The molecule has 16 heavy (non-hydrogen) atoms. The van der Waals surface area contributed by atoms with E-state index in [9.17, 15) is 4.79 Å². The van der Waals surface area contributed by atoms with Crippen LogP contribution in [0.15, 0.2) is 48.7 Å². The Morgan fingerprint density at radius 3 is 2.75 bits per heavy atom. The highest BCUT2D eigenvalue weighted by Crippen LogP contribution is 2.14. The van der Waals surface area contributed by atoms with Gasteiger partial charge < -0.3 is 4.74 Å². The number of methoxy groups -OCH3 is 1. The summed E-state index contributed by atoms with van der Waals surface area (Å²) in [6.07, 6.45) is 3.07. The van der Waals surface area contributed by atoms with Crippen molar-refractivity contribution in [2.45, 2.75) is 12.8 Å². The van der Waals surface area contributed by atoms with Gasteiger partial charge >= 0.3 is 5.97 Å². The first-order valence-electron chi connectivity index (χ1n) is 5.24. The van der Waals surface area contributed by atoms with Crippen molar-refractivity contribution in [3.05, 3.63) is 54.3 Å². The van der Waals surface area contributed by atoms with Crippen LogP contribution in [0.3, 0.4) is 0 Å². The molecule has 0 bridgehead atoms. The number of rotatable bonds is 5. The molecule has 0 radical (unpaired) electrons. The molecular weight excluding hydrogens is 200 g/mol. The molecule has 1 atom stereocenters. The average molecular weight is 216 g/mol. The first-order chi connectivity index (χ1) is 7.77. The van der Waals surface area contributed by atoms with Crippen LogP contribution < -0.4 is 0 Å². The maximum atomic E-state index is 11.5. The topological polar surface area (TPSA) is 26.3 Å². The zero-order valence-electron chi connectivity index (χ0n) is 9.48. The second-order valence-corrected chi connectivity index (χ2v) is 3.55. The quantitative estimate of drug-likeness (QED) is 0.559. The maximum Gasteiger partial charge on any atom is 0.309 e. The Hall–Kier alpha value is -1.79. The third-order valence-electron chi connectivity index (χ3n) is 2.41. The van der Waals surface area contributed by atoms with E-state index in [0.717, 1.165) is 5.56 Å². The lowest BCUT2D eigenvalue weighted by atomic mass is 9.96. The number of allylic oxidation sites excluding steroid dienone is 1. The second kappa shape index (κ2) is 6.65. The van der Waals surface area contributed by atoms with Gasteiger partial charge in [-0.15, -0.1) is 5.73 Å². The highest BCUT2D eigenvalue weighted by molar-refractivity contribution is 5.72. The molecule has 1 rings (SSSR count). The van der Waals surface area contributed by atoms with Crippen LogP contribution in [0.5, 0.6) is 0 Å². The number of ether oxygens (including phenoxy) is 1. The Kier molecular flexibility index (Phi) is 5.10. The molecule has 1 aromatic carbocycles. The van der Waals surface area contributed by atoms with Crippen LogP contribution in [0.4, 0.5) is 0 Å². The fraction of sp³-hybridized carbons (Fsp3) is 0.286. The Balaban J connectivity index is 2.70. The Bertz CT molecular complexity index is 375. The Labute approximate surface area is 96.2 Å². The third-order valence-corrected chi connectivity index (χ3v) is 2.41. The van der Waals surface area contributed by atoms with Crippen LogP contribution in [-0.2, 0) is 16.0 Å².